The second-order valence-electron chi connectivity index (χ2n) is 6.64. The van der Waals surface area contributed by atoms with Gasteiger partial charge in [-0.2, -0.15) is 5.10 Å². The van der Waals surface area contributed by atoms with Crippen molar-refractivity contribution >= 4 is 21.6 Å². The van der Waals surface area contributed by atoms with E-state index in [9.17, 15) is 13.2 Å². The van der Waals surface area contributed by atoms with E-state index in [2.05, 4.69) is 20.1 Å². The van der Waals surface area contributed by atoms with Crippen LogP contribution in [0, 0.1) is 0 Å². The molecule has 1 aliphatic rings. The maximum Gasteiger partial charge on any atom is 0.241 e. The van der Waals surface area contributed by atoms with Gasteiger partial charge in [-0.05, 0) is 54.8 Å². The van der Waals surface area contributed by atoms with Gasteiger partial charge in [0.25, 0.3) is 0 Å². The lowest BCUT2D eigenvalue weighted by Crippen LogP contribution is -2.27. The molecule has 0 aliphatic carbocycles. The van der Waals surface area contributed by atoms with Crippen LogP contribution in [-0.2, 0) is 21.2 Å². The number of rotatable bonds is 5. The molecule has 2 aromatic carbocycles. The first-order chi connectivity index (χ1) is 13.4. The van der Waals surface area contributed by atoms with Gasteiger partial charge in [0.1, 0.15) is 12.7 Å². The largest absolute Gasteiger partial charge is 0.326 e. The summed E-state index contributed by atoms with van der Waals surface area (Å²) >= 11 is 0. The lowest BCUT2D eigenvalue weighted by atomic mass is 10.0. The minimum Gasteiger partial charge on any atom is -0.326 e. The summed E-state index contributed by atoms with van der Waals surface area (Å²) in [5.74, 6) is -0.0517. The molecular formula is C19H19N5O3S. The molecular weight excluding hydrogens is 378 g/mol. The number of amides is 1. The number of carbonyl (C=O) groups is 1. The maximum absolute atomic E-state index is 12.8. The molecule has 8 nitrogen and oxygen atoms in total. The number of sulfonamides is 1. The fraction of sp³-hybridized carbons (Fsp3) is 0.211. The summed E-state index contributed by atoms with van der Waals surface area (Å²) in [5.41, 5.74) is 3.17. The third-order valence-electron chi connectivity index (χ3n) is 4.69. The molecule has 3 aromatic rings. The maximum atomic E-state index is 12.8. The summed E-state index contributed by atoms with van der Waals surface area (Å²) in [4.78, 5) is 15.6. The van der Waals surface area contributed by atoms with Crippen LogP contribution >= 0.6 is 0 Å². The lowest BCUT2D eigenvalue weighted by molar-refractivity contribution is -0.116. The zero-order chi connectivity index (χ0) is 19.7. The number of nitrogens with zero attached hydrogens (tertiary/aromatic N) is 3. The zero-order valence-corrected chi connectivity index (χ0v) is 16.0. The van der Waals surface area contributed by atoms with Crippen molar-refractivity contribution in [2.24, 2.45) is 0 Å². The van der Waals surface area contributed by atoms with Gasteiger partial charge in [0.2, 0.25) is 15.9 Å². The minimum absolute atomic E-state index is 0.0517. The van der Waals surface area contributed by atoms with E-state index in [0.29, 0.717) is 18.5 Å². The number of aryl methyl sites for hydroxylation is 1. The zero-order valence-electron chi connectivity index (χ0n) is 15.2. The highest BCUT2D eigenvalue weighted by molar-refractivity contribution is 7.89. The fourth-order valence-electron chi connectivity index (χ4n) is 3.15. The van der Waals surface area contributed by atoms with E-state index in [0.717, 1.165) is 16.8 Å². The second kappa shape index (κ2) is 7.17. The molecule has 4 rings (SSSR count). The predicted molar refractivity (Wildman–Crippen MR) is 103 cm³/mol. The first-order valence-corrected chi connectivity index (χ1v) is 10.3. The van der Waals surface area contributed by atoms with Gasteiger partial charge in [-0.1, -0.05) is 12.1 Å². The Hall–Kier alpha value is -3.04. The molecule has 2 N–H and O–H groups in total. The molecule has 0 spiro atoms. The first-order valence-electron chi connectivity index (χ1n) is 8.82. The van der Waals surface area contributed by atoms with Crippen LogP contribution in [0.5, 0.6) is 0 Å². The van der Waals surface area contributed by atoms with Crippen LogP contribution in [0.25, 0.3) is 5.69 Å². The van der Waals surface area contributed by atoms with E-state index < -0.39 is 16.1 Å². The Morgan fingerprint density at radius 1 is 1.14 bits per heavy atom. The van der Waals surface area contributed by atoms with Gasteiger partial charge in [0.15, 0.2) is 0 Å². The summed E-state index contributed by atoms with van der Waals surface area (Å²) in [5, 5.41) is 6.82. The molecule has 1 atom stereocenters. The van der Waals surface area contributed by atoms with Gasteiger partial charge in [0.05, 0.1) is 10.6 Å². The number of carbonyl (C=O) groups excluding carboxylic acids is 1. The molecule has 28 heavy (non-hydrogen) atoms. The first kappa shape index (κ1) is 18.3. The quantitative estimate of drug-likeness (QED) is 0.686. The molecule has 0 saturated heterocycles. The number of benzene rings is 2. The van der Waals surface area contributed by atoms with Gasteiger partial charge in [-0.15, -0.1) is 0 Å². The van der Waals surface area contributed by atoms with Gasteiger partial charge in [-0.3, -0.25) is 4.79 Å². The number of anilines is 1. The summed E-state index contributed by atoms with van der Waals surface area (Å²) < 4.78 is 29.9. The van der Waals surface area contributed by atoms with Crippen molar-refractivity contribution in [1.82, 2.24) is 19.5 Å². The van der Waals surface area contributed by atoms with Crippen LogP contribution in [0.2, 0.25) is 0 Å². The summed E-state index contributed by atoms with van der Waals surface area (Å²) in [7, 11) is -3.70. The van der Waals surface area contributed by atoms with Crippen molar-refractivity contribution in [3.05, 3.63) is 66.2 Å². The van der Waals surface area contributed by atoms with Crippen LogP contribution in [0.4, 0.5) is 5.69 Å². The third-order valence-corrected chi connectivity index (χ3v) is 6.23. The van der Waals surface area contributed by atoms with Crippen molar-refractivity contribution in [3.8, 4) is 5.69 Å². The van der Waals surface area contributed by atoms with Gasteiger partial charge in [-0.25, -0.2) is 22.8 Å². The van der Waals surface area contributed by atoms with Crippen molar-refractivity contribution in [2.75, 3.05) is 5.32 Å². The smallest absolute Gasteiger partial charge is 0.241 e. The van der Waals surface area contributed by atoms with Crippen LogP contribution < -0.4 is 10.0 Å². The average Bonchev–Trinajstić information content (AvgIpc) is 3.22. The number of aromatic nitrogens is 3. The Labute approximate surface area is 162 Å². The third kappa shape index (κ3) is 3.67. The van der Waals surface area contributed by atoms with E-state index in [-0.39, 0.29) is 10.8 Å². The number of nitrogens with one attached hydrogen (secondary N) is 2. The normalized spacial score (nSPS) is 15.0. The Balaban J connectivity index is 1.52. The molecule has 9 heteroatoms. The van der Waals surface area contributed by atoms with Crippen LogP contribution in [0.3, 0.4) is 0 Å². The number of fused-ring (bicyclic) bond motifs is 1. The summed E-state index contributed by atoms with van der Waals surface area (Å²) in [6.45, 7) is 1.79. The number of hydrogen-bond acceptors (Lipinski definition) is 5. The second-order valence-corrected chi connectivity index (χ2v) is 8.36. The monoisotopic (exact) mass is 397 g/mol. The van der Waals surface area contributed by atoms with E-state index >= 15 is 0 Å². The Morgan fingerprint density at radius 2 is 1.93 bits per heavy atom. The van der Waals surface area contributed by atoms with E-state index in [1.165, 1.54) is 12.4 Å². The highest BCUT2D eigenvalue weighted by Gasteiger charge is 2.22. The molecule has 0 saturated carbocycles. The SMILES string of the molecule is CC(NS(=O)(=O)c1ccc2c(c1)CCC(=O)N2)c1ccc(-n2cncn2)cc1. The van der Waals surface area contributed by atoms with E-state index in [1.54, 1.807) is 30.1 Å². The standard InChI is InChI=1S/C19H19N5O3S/c1-13(14-2-5-16(6-3-14)24-12-20-11-21-24)23-28(26,27)17-7-8-18-15(10-17)4-9-19(25)22-18/h2-3,5-8,10-13,23H,4,9H2,1H3,(H,22,25). The van der Waals surface area contributed by atoms with Crippen molar-refractivity contribution in [3.63, 3.8) is 0 Å². The fourth-order valence-corrected chi connectivity index (χ4v) is 4.44. The molecule has 0 radical (unpaired) electrons. The Bertz CT molecular complexity index is 1110. The molecule has 1 amide bonds. The van der Waals surface area contributed by atoms with Crippen molar-refractivity contribution < 1.29 is 13.2 Å². The molecule has 0 bridgehead atoms. The molecule has 0 fully saturated rings. The number of hydrogen-bond donors (Lipinski definition) is 2. The Morgan fingerprint density at radius 3 is 2.64 bits per heavy atom. The molecule has 1 unspecified atom stereocenters. The minimum atomic E-state index is -3.70. The van der Waals surface area contributed by atoms with Gasteiger partial charge < -0.3 is 5.32 Å². The highest BCUT2D eigenvalue weighted by atomic mass is 32.2. The Kier molecular flexibility index (Phi) is 4.70. The van der Waals surface area contributed by atoms with Crippen LogP contribution in [0.15, 0.2) is 60.0 Å². The van der Waals surface area contributed by atoms with Crippen LogP contribution in [0.1, 0.15) is 30.5 Å². The average molecular weight is 397 g/mol. The molecule has 2 heterocycles. The molecule has 1 aromatic heterocycles. The van der Waals surface area contributed by atoms with Crippen LogP contribution in [-0.4, -0.2) is 29.1 Å². The molecule has 144 valence electrons. The van der Waals surface area contributed by atoms with Gasteiger partial charge >= 0.3 is 0 Å². The summed E-state index contributed by atoms with van der Waals surface area (Å²) in [6.07, 6.45) is 3.94. The summed E-state index contributed by atoms with van der Waals surface area (Å²) in [6, 6.07) is 11.8. The van der Waals surface area contributed by atoms with E-state index in [1.807, 2.05) is 24.3 Å². The highest BCUT2D eigenvalue weighted by Crippen LogP contribution is 2.26. The van der Waals surface area contributed by atoms with Crippen molar-refractivity contribution in [1.29, 1.82) is 0 Å². The molecule has 1 aliphatic heterocycles. The predicted octanol–water partition coefficient (Wildman–Crippen LogP) is 2.19. The topological polar surface area (TPSA) is 106 Å². The van der Waals surface area contributed by atoms with E-state index in [4.69, 9.17) is 0 Å². The lowest BCUT2D eigenvalue weighted by Gasteiger charge is -2.19. The van der Waals surface area contributed by atoms with Crippen molar-refractivity contribution in [2.45, 2.75) is 30.7 Å². The van der Waals surface area contributed by atoms with Gasteiger partial charge in [0, 0.05) is 18.2 Å².